The zero-order valence-corrected chi connectivity index (χ0v) is 14.7. The Morgan fingerprint density at radius 3 is 1.73 bits per heavy atom. The van der Waals surface area contributed by atoms with Crippen LogP contribution in [0.2, 0.25) is 0 Å². The highest BCUT2D eigenvalue weighted by molar-refractivity contribution is 6.15. The molecule has 0 fully saturated rings. The van der Waals surface area contributed by atoms with Crippen molar-refractivity contribution in [3.63, 3.8) is 0 Å². The molecule has 1 N–H and O–H groups in total. The van der Waals surface area contributed by atoms with Crippen molar-refractivity contribution in [1.82, 2.24) is 0 Å². The van der Waals surface area contributed by atoms with Gasteiger partial charge in [-0.3, -0.25) is 14.4 Å². The highest BCUT2D eigenvalue weighted by atomic mass is 16.5. The highest BCUT2D eigenvalue weighted by Crippen LogP contribution is 2.22. The summed E-state index contributed by atoms with van der Waals surface area (Å²) in [6, 6.07) is 8.76. The predicted octanol–water partition coefficient (Wildman–Crippen LogP) is 3.01. The quantitative estimate of drug-likeness (QED) is 0.486. The van der Waals surface area contributed by atoms with E-state index in [0.29, 0.717) is 5.56 Å². The fraction of sp³-hybridized carbons (Fsp3) is 0.200. The zero-order chi connectivity index (χ0) is 19.4. The average Bonchev–Trinajstić information content (AvgIpc) is 2.60. The molecule has 0 amide bonds. The van der Waals surface area contributed by atoms with E-state index in [0.717, 1.165) is 0 Å². The second-order valence-corrected chi connectivity index (χ2v) is 5.81. The summed E-state index contributed by atoms with van der Waals surface area (Å²) in [6.07, 6.45) is 0. The summed E-state index contributed by atoms with van der Waals surface area (Å²) < 4.78 is 5.24. The Morgan fingerprint density at radius 2 is 1.35 bits per heavy atom. The van der Waals surface area contributed by atoms with E-state index in [1.165, 1.54) is 45.0 Å². The van der Waals surface area contributed by atoms with Gasteiger partial charge in [-0.15, -0.1) is 0 Å². The van der Waals surface area contributed by atoms with Crippen LogP contribution in [-0.2, 0) is 6.61 Å². The maximum Gasteiger partial charge on any atom is 0.343 e. The van der Waals surface area contributed by atoms with Crippen LogP contribution in [0.4, 0.5) is 0 Å². The van der Waals surface area contributed by atoms with Crippen LogP contribution in [0, 0.1) is 0 Å². The zero-order valence-electron chi connectivity index (χ0n) is 14.7. The van der Waals surface area contributed by atoms with Crippen molar-refractivity contribution in [1.29, 1.82) is 0 Å². The molecule has 0 saturated carbocycles. The number of aliphatic hydroxyl groups excluding tert-OH is 1. The van der Waals surface area contributed by atoms with E-state index in [1.807, 2.05) is 0 Å². The standard InChI is InChI=1S/C20H18O6/c1-11(22)17-8-15(9-18(12(2)23)19(17)13(3)24)20(25)26-16-6-4-14(10-21)5-7-16/h4-9,21H,10H2,1-3H3. The molecule has 0 aliphatic rings. The molecule has 0 atom stereocenters. The normalized spacial score (nSPS) is 10.3. The molecule has 26 heavy (non-hydrogen) atoms. The van der Waals surface area contributed by atoms with Gasteiger partial charge in [-0.05, 0) is 50.6 Å². The SMILES string of the molecule is CC(=O)c1cc(C(=O)Oc2ccc(CO)cc2)cc(C(C)=O)c1C(C)=O. The van der Waals surface area contributed by atoms with E-state index >= 15 is 0 Å². The number of ether oxygens (including phenoxy) is 1. The third kappa shape index (κ3) is 4.10. The van der Waals surface area contributed by atoms with Gasteiger partial charge in [0, 0.05) is 16.7 Å². The predicted molar refractivity (Wildman–Crippen MR) is 93.8 cm³/mol. The summed E-state index contributed by atoms with van der Waals surface area (Å²) in [5, 5.41) is 9.03. The van der Waals surface area contributed by atoms with Crippen LogP contribution in [-0.4, -0.2) is 28.4 Å². The molecule has 0 aliphatic carbocycles. The number of rotatable bonds is 6. The minimum absolute atomic E-state index is 0.00312. The molecule has 6 heteroatoms. The molecule has 2 aromatic rings. The molecule has 0 heterocycles. The van der Waals surface area contributed by atoms with Crippen LogP contribution in [0.5, 0.6) is 5.75 Å². The van der Waals surface area contributed by atoms with Crippen LogP contribution < -0.4 is 4.74 Å². The van der Waals surface area contributed by atoms with Crippen LogP contribution >= 0.6 is 0 Å². The van der Waals surface area contributed by atoms with E-state index in [1.54, 1.807) is 12.1 Å². The van der Waals surface area contributed by atoms with Crippen LogP contribution in [0.15, 0.2) is 36.4 Å². The second kappa shape index (κ2) is 7.84. The molecule has 2 rings (SSSR count). The summed E-state index contributed by atoms with van der Waals surface area (Å²) >= 11 is 0. The molecule has 0 aliphatic heterocycles. The fourth-order valence-electron chi connectivity index (χ4n) is 2.52. The van der Waals surface area contributed by atoms with E-state index < -0.39 is 23.3 Å². The first-order valence-corrected chi connectivity index (χ1v) is 7.87. The molecule has 0 radical (unpaired) electrons. The number of benzene rings is 2. The number of Topliss-reactive ketones (excluding diaryl/α,β-unsaturated/α-hetero) is 3. The Labute approximate surface area is 150 Å². The van der Waals surface area contributed by atoms with Crippen molar-refractivity contribution in [2.75, 3.05) is 0 Å². The fourth-order valence-corrected chi connectivity index (χ4v) is 2.52. The van der Waals surface area contributed by atoms with Gasteiger partial charge in [-0.2, -0.15) is 0 Å². The number of carbonyl (C=O) groups excluding carboxylic acids is 4. The Morgan fingerprint density at radius 1 is 0.846 bits per heavy atom. The average molecular weight is 354 g/mol. The summed E-state index contributed by atoms with van der Waals surface area (Å²) in [7, 11) is 0. The van der Waals surface area contributed by atoms with E-state index in [-0.39, 0.29) is 34.6 Å². The van der Waals surface area contributed by atoms with Gasteiger partial charge in [0.15, 0.2) is 17.3 Å². The molecule has 0 unspecified atom stereocenters. The lowest BCUT2D eigenvalue weighted by atomic mass is 9.91. The second-order valence-electron chi connectivity index (χ2n) is 5.81. The van der Waals surface area contributed by atoms with E-state index in [4.69, 9.17) is 9.84 Å². The number of ketones is 3. The number of hydrogen-bond donors (Lipinski definition) is 1. The van der Waals surface area contributed by atoms with Crippen molar-refractivity contribution >= 4 is 23.3 Å². The first kappa shape index (κ1) is 19.2. The van der Waals surface area contributed by atoms with E-state index in [2.05, 4.69) is 0 Å². The van der Waals surface area contributed by atoms with Crippen molar-refractivity contribution in [2.24, 2.45) is 0 Å². The van der Waals surface area contributed by atoms with Crippen LogP contribution in [0.25, 0.3) is 0 Å². The topological polar surface area (TPSA) is 97.7 Å². The molecule has 0 aromatic heterocycles. The number of carbonyl (C=O) groups is 4. The number of hydrogen-bond acceptors (Lipinski definition) is 6. The maximum atomic E-state index is 12.4. The van der Waals surface area contributed by atoms with Crippen LogP contribution in [0.1, 0.15) is 67.8 Å². The van der Waals surface area contributed by atoms with Gasteiger partial charge in [0.25, 0.3) is 0 Å². The molecular weight excluding hydrogens is 336 g/mol. The largest absolute Gasteiger partial charge is 0.423 e. The molecule has 0 spiro atoms. The monoisotopic (exact) mass is 354 g/mol. The first-order chi connectivity index (χ1) is 12.2. The van der Waals surface area contributed by atoms with Crippen molar-refractivity contribution < 1.29 is 29.0 Å². The summed E-state index contributed by atoms with van der Waals surface area (Å²) in [4.78, 5) is 48.1. The van der Waals surface area contributed by atoms with Gasteiger partial charge in [-0.25, -0.2) is 4.79 Å². The third-order valence-electron chi connectivity index (χ3n) is 3.80. The Hall–Kier alpha value is -3.12. The van der Waals surface area contributed by atoms with Gasteiger partial charge < -0.3 is 9.84 Å². The minimum Gasteiger partial charge on any atom is -0.423 e. The van der Waals surface area contributed by atoms with E-state index in [9.17, 15) is 19.2 Å². The van der Waals surface area contributed by atoms with Gasteiger partial charge in [-0.1, -0.05) is 12.1 Å². The molecule has 2 aromatic carbocycles. The Bertz CT molecular complexity index is 858. The molecule has 134 valence electrons. The lowest BCUT2D eigenvalue weighted by molar-refractivity contribution is 0.0734. The highest BCUT2D eigenvalue weighted by Gasteiger charge is 2.23. The summed E-state index contributed by atoms with van der Waals surface area (Å²) in [6.45, 7) is 3.64. The molecule has 0 saturated heterocycles. The summed E-state index contributed by atoms with van der Waals surface area (Å²) in [5.74, 6) is -1.81. The van der Waals surface area contributed by atoms with Crippen molar-refractivity contribution in [2.45, 2.75) is 27.4 Å². The number of aliphatic hydroxyl groups is 1. The third-order valence-corrected chi connectivity index (χ3v) is 3.80. The van der Waals surface area contributed by atoms with Crippen molar-refractivity contribution in [3.8, 4) is 5.75 Å². The van der Waals surface area contributed by atoms with Gasteiger partial charge in [0.05, 0.1) is 12.2 Å². The summed E-state index contributed by atoms with van der Waals surface area (Å²) in [5.41, 5.74) is 0.680. The first-order valence-electron chi connectivity index (χ1n) is 7.87. The van der Waals surface area contributed by atoms with Gasteiger partial charge in [0.1, 0.15) is 5.75 Å². The van der Waals surface area contributed by atoms with Crippen LogP contribution in [0.3, 0.4) is 0 Å². The van der Waals surface area contributed by atoms with Gasteiger partial charge in [0.2, 0.25) is 0 Å². The lowest BCUT2D eigenvalue weighted by Crippen LogP contribution is -2.16. The Kier molecular flexibility index (Phi) is 5.79. The Balaban J connectivity index is 2.47. The molecular formula is C20H18O6. The molecule has 0 bridgehead atoms. The van der Waals surface area contributed by atoms with Crippen molar-refractivity contribution in [3.05, 3.63) is 64.2 Å². The lowest BCUT2D eigenvalue weighted by Gasteiger charge is -2.12. The maximum absolute atomic E-state index is 12.4. The van der Waals surface area contributed by atoms with Gasteiger partial charge >= 0.3 is 5.97 Å². The minimum atomic E-state index is -0.762. The smallest absolute Gasteiger partial charge is 0.343 e. The number of esters is 1. The molecule has 6 nitrogen and oxygen atoms in total.